The highest BCUT2D eigenvalue weighted by Crippen LogP contribution is 2.69. The number of hydrogen-bond acceptors (Lipinski definition) is 4. The quantitative estimate of drug-likeness (QED) is 0.817. The van der Waals surface area contributed by atoms with E-state index >= 15 is 0 Å². The third-order valence-electron chi connectivity index (χ3n) is 5.27. The first-order valence-corrected chi connectivity index (χ1v) is 8.35. The van der Waals surface area contributed by atoms with Crippen LogP contribution in [-0.4, -0.2) is 31.6 Å². The Morgan fingerprint density at radius 1 is 1.29 bits per heavy atom. The summed E-state index contributed by atoms with van der Waals surface area (Å²) >= 11 is 1.25. The maximum atomic E-state index is 10.8. The van der Waals surface area contributed by atoms with Gasteiger partial charge in [0, 0.05) is 12.5 Å². The van der Waals surface area contributed by atoms with Crippen molar-refractivity contribution in [3.05, 3.63) is 5.82 Å². The van der Waals surface area contributed by atoms with Gasteiger partial charge in [-0.05, 0) is 16.7 Å². The highest BCUT2D eigenvalue weighted by atomic mass is 32.2. The molecule has 6 heteroatoms. The molecule has 21 heavy (non-hydrogen) atoms. The van der Waals surface area contributed by atoms with Crippen molar-refractivity contribution < 1.29 is 9.90 Å². The normalized spacial score (nSPS) is 20.0. The summed E-state index contributed by atoms with van der Waals surface area (Å²) in [5.74, 6) is 0.978. The van der Waals surface area contributed by atoms with Crippen LogP contribution in [0.1, 0.15) is 53.3 Å². The van der Waals surface area contributed by atoms with Crippen LogP contribution in [0.2, 0.25) is 0 Å². The predicted molar refractivity (Wildman–Crippen MR) is 83.5 cm³/mol. The second-order valence-corrected chi connectivity index (χ2v) is 8.23. The number of carbonyl (C=O) groups is 1. The number of carboxylic acids is 1. The molecule has 1 aromatic rings. The predicted octanol–water partition coefficient (Wildman–Crippen LogP) is 3.26. The van der Waals surface area contributed by atoms with Crippen LogP contribution in [0, 0.1) is 16.7 Å². The van der Waals surface area contributed by atoms with E-state index in [1.54, 1.807) is 0 Å². The molecule has 1 fully saturated rings. The Bertz CT molecular complexity index is 535. The fraction of sp³-hybridized carbons (Fsp3) is 0.800. The van der Waals surface area contributed by atoms with Crippen molar-refractivity contribution >= 4 is 17.7 Å². The zero-order valence-electron chi connectivity index (χ0n) is 13.7. The van der Waals surface area contributed by atoms with Gasteiger partial charge in [0.25, 0.3) is 0 Å². The average molecular weight is 311 g/mol. The van der Waals surface area contributed by atoms with Gasteiger partial charge in [0.2, 0.25) is 0 Å². The molecule has 5 nitrogen and oxygen atoms in total. The van der Waals surface area contributed by atoms with Gasteiger partial charge in [-0.1, -0.05) is 53.3 Å². The SMILES string of the molecule is CC(C)c1nnc(SCC(=O)O)n1CC1C(C)(C)C1(C)C. The van der Waals surface area contributed by atoms with Crippen molar-refractivity contribution in [2.24, 2.45) is 16.7 Å². The summed E-state index contributed by atoms with van der Waals surface area (Å²) in [6.07, 6.45) is 0. The van der Waals surface area contributed by atoms with Crippen LogP contribution in [0.25, 0.3) is 0 Å². The van der Waals surface area contributed by atoms with Crippen LogP contribution in [0.15, 0.2) is 5.16 Å². The fourth-order valence-electron chi connectivity index (χ4n) is 3.10. The number of nitrogens with zero attached hydrogens (tertiary/aromatic N) is 3. The minimum atomic E-state index is -0.826. The van der Waals surface area contributed by atoms with Crippen molar-refractivity contribution in [3.63, 3.8) is 0 Å². The molecule has 0 spiro atoms. The second-order valence-electron chi connectivity index (χ2n) is 7.28. The van der Waals surface area contributed by atoms with Gasteiger partial charge in [0.1, 0.15) is 5.82 Å². The van der Waals surface area contributed by atoms with E-state index < -0.39 is 5.97 Å². The van der Waals surface area contributed by atoms with Crippen LogP contribution in [0.5, 0.6) is 0 Å². The molecular weight excluding hydrogens is 286 g/mol. The van der Waals surface area contributed by atoms with Gasteiger partial charge in [-0.2, -0.15) is 0 Å². The summed E-state index contributed by atoms with van der Waals surface area (Å²) in [6.45, 7) is 14.2. The molecule has 1 N–H and O–H groups in total. The summed E-state index contributed by atoms with van der Waals surface area (Å²) < 4.78 is 2.12. The Labute approximate surface area is 130 Å². The Morgan fingerprint density at radius 2 is 1.86 bits per heavy atom. The molecular formula is C15H25N3O2S. The summed E-state index contributed by atoms with van der Waals surface area (Å²) in [5.41, 5.74) is 0.584. The molecule has 2 rings (SSSR count). The van der Waals surface area contributed by atoms with Crippen molar-refractivity contribution in [1.29, 1.82) is 0 Å². The summed E-state index contributed by atoms with van der Waals surface area (Å²) in [5, 5.41) is 18.1. The van der Waals surface area contributed by atoms with Gasteiger partial charge in [-0.15, -0.1) is 10.2 Å². The van der Waals surface area contributed by atoms with Crippen LogP contribution in [0.4, 0.5) is 0 Å². The zero-order chi connectivity index (χ0) is 16.0. The van der Waals surface area contributed by atoms with Crippen molar-refractivity contribution in [1.82, 2.24) is 14.8 Å². The van der Waals surface area contributed by atoms with E-state index in [0.717, 1.165) is 17.5 Å². The molecule has 1 aromatic heterocycles. The summed E-state index contributed by atoms with van der Waals surface area (Å²) in [6, 6.07) is 0. The third kappa shape index (κ3) is 2.82. The molecule has 0 amide bonds. The maximum Gasteiger partial charge on any atom is 0.313 e. The molecule has 0 aliphatic heterocycles. The van der Waals surface area contributed by atoms with Crippen LogP contribution in [-0.2, 0) is 11.3 Å². The minimum Gasteiger partial charge on any atom is -0.481 e. The Morgan fingerprint density at radius 3 is 2.29 bits per heavy atom. The van der Waals surface area contributed by atoms with Crippen LogP contribution in [0.3, 0.4) is 0 Å². The first-order chi connectivity index (χ1) is 9.59. The number of aliphatic carboxylic acids is 1. The van der Waals surface area contributed by atoms with E-state index in [0.29, 0.717) is 16.7 Å². The lowest BCUT2D eigenvalue weighted by atomic mass is 10.0. The highest BCUT2D eigenvalue weighted by molar-refractivity contribution is 7.99. The number of thioether (sulfide) groups is 1. The molecule has 1 saturated carbocycles. The highest BCUT2D eigenvalue weighted by Gasteiger charge is 2.64. The van der Waals surface area contributed by atoms with Crippen molar-refractivity contribution in [2.75, 3.05) is 5.75 Å². The Balaban J connectivity index is 2.24. The first-order valence-electron chi connectivity index (χ1n) is 7.36. The monoisotopic (exact) mass is 311 g/mol. The molecule has 0 aromatic carbocycles. The molecule has 0 unspecified atom stereocenters. The fourth-order valence-corrected chi connectivity index (χ4v) is 3.78. The van der Waals surface area contributed by atoms with Gasteiger partial charge in [-0.3, -0.25) is 4.79 Å². The van der Waals surface area contributed by atoms with Crippen LogP contribution >= 0.6 is 11.8 Å². The third-order valence-corrected chi connectivity index (χ3v) is 6.22. The van der Waals surface area contributed by atoms with Crippen molar-refractivity contribution in [3.8, 4) is 0 Å². The van der Waals surface area contributed by atoms with Gasteiger partial charge in [0.15, 0.2) is 5.16 Å². The number of carboxylic acid groups (broad SMARTS) is 1. The minimum absolute atomic E-state index is 0.0215. The first kappa shape index (κ1) is 16.3. The summed E-state index contributed by atoms with van der Waals surface area (Å²) in [7, 11) is 0. The molecule has 0 bridgehead atoms. The van der Waals surface area contributed by atoms with Gasteiger partial charge < -0.3 is 9.67 Å². The number of aromatic nitrogens is 3. The van der Waals surface area contributed by atoms with E-state index in [2.05, 4.69) is 56.3 Å². The lowest BCUT2D eigenvalue weighted by molar-refractivity contribution is -0.133. The van der Waals surface area contributed by atoms with Crippen molar-refractivity contribution in [2.45, 2.75) is 59.2 Å². The molecule has 1 aliphatic carbocycles. The van der Waals surface area contributed by atoms with Gasteiger partial charge in [-0.25, -0.2) is 0 Å². The average Bonchev–Trinajstić information content (AvgIpc) is 2.68. The lowest BCUT2D eigenvalue weighted by Crippen LogP contribution is -2.11. The molecule has 0 radical (unpaired) electrons. The van der Waals surface area contributed by atoms with Crippen LogP contribution < -0.4 is 0 Å². The van der Waals surface area contributed by atoms with E-state index in [4.69, 9.17) is 5.11 Å². The second kappa shape index (κ2) is 5.30. The van der Waals surface area contributed by atoms with Gasteiger partial charge in [0.05, 0.1) is 5.75 Å². The summed E-state index contributed by atoms with van der Waals surface area (Å²) in [4.78, 5) is 10.8. The molecule has 118 valence electrons. The Kier molecular flexibility index (Phi) is 4.12. The maximum absolute atomic E-state index is 10.8. The topological polar surface area (TPSA) is 68.0 Å². The number of hydrogen-bond donors (Lipinski definition) is 1. The molecule has 1 aliphatic rings. The van der Waals surface area contributed by atoms with E-state index in [9.17, 15) is 4.79 Å². The lowest BCUT2D eigenvalue weighted by Gasteiger charge is -2.12. The van der Waals surface area contributed by atoms with E-state index in [1.807, 2.05) is 0 Å². The largest absolute Gasteiger partial charge is 0.481 e. The zero-order valence-corrected chi connectivity index (χ0v) is 14.5. The molecule has 0 atom stereocenters. The van der Waals surface area contributed by atoms with E-state index in [1.165, 1.54) is 11.8 Å². The van der Waals surface area contributed by atoms with Gasteiger partial charge >= 0.3 is 5.97 Å². The standard InChI is InChI=1S/C15H25N3O2S/c1-9(2)12-16-17-13(21-8-11(19)20)18(12)7-10-14(3,4)15(10,5)6/h9-10H,7-8H2,1-6H3,(H,19,20). The smallest absolute Gasteiger partial charge is 0.313 e. The van der Waals surface area contributed by atoms with E-state index in [-0.39, 0.29) is 11.7 Å². The molecule has 1 heterocycles. The Hall–Kier alpha value is -1.04. The molecule has 0 saturated heterocycles. The number of rotatable bonds is 6.